The Balaban J connectivity index is 2.69. The Bertz CT molecular complexity index is 329. The molecule has 2 nitrogen and oxygen atoms in total. The van der Waals surface area contributed by atoms with Crippen LogP contribution in [0.1, 0.15) is 45.9 Å². The Morgan fingerprint density at radius 3 is 2.33 bits per heavy atom. The minimum atomic E-state index is 0.523. The summed E-state index contributed by atoms with van der Waals surface area (Å²) in [5.74, 6) is 1.36. The molecule has 1 N–H and O–H groups in total. The molecule has 0 bridgehead atoms. The molecule has 0 aliphatic heterocycles. The maximum atomic E-state index is 4.57. The molecule has 0 aliphatic rings. The minimum absolute atomic E-state index is 0.523. The zero-order valence-corrected chi connectivity index (χ0v) is 12.5. The van der Waals surface area contributed by atoms with Gasteiger partial charge in [0.05, 0.1) is 0 Å². The molecule has 1 aromatic rings. The Morgan fingerprint density at radius 1 is 1.17 bits per heavy atom. The van der Waals surface area contributed by atoms with E-state index in [-0.39, 0.29) is 0 Å². The fourth-order valence-corrected chi connectivity index (χ4v) is 2.18. The van der Waals surface area contributed by atoms with Crippen LogP contribution in [0.4, 0.5) is 0 Å². The third-order valence-corrected chi connectivity index (χ3v) is 3.88. The summed E-state index contributed by atoms with van der Waals surface area (Å²) in [5, 5.41) is 3.60. The van der Waals surface area contributed by atoms with E-state index in [0.29, 0.717) is 17.9 Å². The quantitative estimate of drug-likeness (QED) is 0.799. The van der Waals surface area contributed by atoms with Gasteiger partial charge in [0.25, 0.3) is 0 Å². The predicted molar refractivity (Wildman–Crippen MR) is 78.8 cm³/mol. The van der Waals surface area contributed by atoms with Crippen molar-refractivity contribution in [3.8, 4) is 0 Å². The molecular weight excluding hydrogens is 220 g/mol. The summed E-state index contributed by atoms with van der Waals surface area (Å²) in [7, 11) is 0. The second-order valence-electron chi connectivity index (χ2n) is 5.48. The summed E-state index contributed by atoms with van der Waals surface area (Å²) < 4.78 is 0. The average molecular weight is 248 g/mol. The number of likely N-dealkylation sites (N-methyl/N-ethyl adjacent to an activating group) is 1. The Hall–Kier alpha value is -0.890. The van der Waals surface area contributed by atoms with Crippen molar-refractivity contribution in [1.29, 1.82) is 0 Å². The molecule has 2 atom stereocenters. The fraction of sp³-hybridized carbons (Fsp3) is 0.688. The van der Waals surface area contributed by atoms with Crippen LogP contribution in [0.15, 0.2) is 18.3 Å². The molecule has 1 aromatic heterocycles. The predicted octanol–water partition coefficient (Wildman–Crippen LogP) is 3.46. The van der Waals surface area contributed by atoms with Gasteiger partial charge >= 0.3 is 0 Å². The lowest BCUT2D eigenvalue weighted by Crippen LogP contribution is -2.39. The van der Waals surface area contributed by atoms with Crippen molar-refractivity contribution in [2.75, 3.05) is 6.54 Å². The minimum Gasteiger partial charge on any atom is -0.314 e. The zero-order valence-electron chi connectivity index (χ0n) is 12.5. The Kier molecular flexibility index (Phi) is 6.34. The Morgan fingerprint density at radius 2 is 1.89 bits per heavy atom. The van der Waals surface area contributed by atoms with Gasteiger partial charge in [-0.05, 0) is 36.4 Å². The standard InChI is InChI=1S/C16H28N2/c1-6-14-8-9-15(18-11-14)10-16(17-7-2)13(5)12(3)4/h8-9,11-13,16-17H,6-7,10H2,1-5H3. The molecule has 18 heavy (non-hydrogen) atoms. The number of pyridine rings is 1. The molecule has 0 amide bonds. The van der Waals surface area contributed by atoms with E-state index in [1.165, 1.54) is 11.3 Å². The number of rotatable bonds is 7. The van der Waals surface area contributed by atoms with Gasteiger partial charge < -0.3 is 5.32 Å². The van der Waals surface area contributed by atoms with E-state index in [9.17, 15) is 0 Å². The van der Waals surface area contributed by atoms with Crippen LogP contribution in [-0.2, 0) is 12.8 Å². The van der Waals surface area contributed by atoms with Crippen LogP contribution in [0, 0.1) is 11.8 Å². The SMILES string of the molecule is CCNC(Cc1ccc(CC)cn1)C(C)C(C)C. The van der Waals surface area contributed by atoms with Crippen molar-refractivity contribution in [2.24, 2.45) is 11.8 Å². The molecule has 1 heterocycles. The van der Waals surface area contributed by atoms with Crippen molar-refractivity contribution >= 4 is 0 Å². The van der Waals surface area contributed by atoms with Gasteiger partial charge in [0.15, 0.2) is 0 Å². The van der Waals surface area contributed by atoms with Gasteiger partial charge in [-0.1, -0.05) is 40.7 Å². The molecule has 0 aliphatic carbocycles. The van der Waals surface area contributed by atoms with Crippen LogP contribution in [0.3, 0.4) is 0 Å². The second kappa shape index (κ2) is 7.52. The number of hydrogen-bond acceptors (Lipinski definition) is 2. The Labute approximate surface area is 112 Å². The van der Waals surface area contributed by atoms with Crippen molar-refractivity contribution in [1.82, 2.24) is 10.3 Å². The topological polar surface area (TPSA) is 24.9 Å². The lowest BCUT2D eigenvalue weighted by atomic mass is 9.87. The normalized spacial score (nSPS) is 14.8. The highest BCUT2D eigenvalue weighted by Crippen LogP contribution is 2.17. The number of nitrogens with zero attached hydrogens (tertiary/aromatic N) is 1. The summed E-state index contributed by atoms with van der Waals surface area (Å²) in [6.07, 6.45) is 4.10. The largest absolute Gasteiger partial charge is 0.314 e. The number of hydrogen-bond donors (Lipinski definition) is 1. The monoisotopic (exact) mass is 248 g/mol. The lowest BCUT2D eigenvalue weighted by Gasteiger charge is -2.27. The molecule has 0 radical (unpaired) electrons. The highest BCUT2D eigenvalue weighted by molar-refractivity contribution is 5.14. The van der Waals surface area contributed by atoms with E-state index in [0.717, 1.165) is 19.4 Å². The number of aromatic nitrogens is 1. The van der Waals surface area contributed by atoms with Gasteiger partial charge in [-0.25, -0.2) is 0 Å². The van der Waals surface area contributed by atoms with E-state index in [1.807, 2.05) is 6.20 Å². The third kappa shape index (κ3) is 4.41. The second-order valence-corrected chi connectivity index (χ2v) is 5.48. The van der Waals surface area contributed by atoms with Gasteiger partial charge in [0, 0.05) is 24.4 Å². The van der Waals surface area contributed by atoms with Crippen LogP contribution < -0.4 is 5.32 Å². The van der Waals surface area contributed by atoms with Crippen LogP contribution >= 0.6 is 0 Å². The van der Waals surface area contributed by atoms with Gasteiger partial charge in [0.2, 0.25) is 0 Å². The maximum absolute atomic E-state index is 4.57. The van der Waals surface area contributed by atoms with E-state index in [1.54, 1.807) is 0 Å². The summed E-state index contributed by atoms with van der Waals surface area (Å²) >= 11 is 0. The lowest BCUT2D eigenvalue weighted by molar-refractivity contribution is 0.299. The molecule has 102 valence electrons. The van der Waals surface area contributed by atoms with E-state index in [2.05, 4.69) is 57.1 Å². The van der Waals surface area contributed by atoms with Crippen LogP contribution in [0.5, 0.6) is 0 Å². The average Bonchev–Trinajstić information content (AvgIpc) is 2.38. The molecule has 0 saturated carbocycles. The van der Waals surface area contributed by atoms with Crippen LogP contribution in [0.25, 0.3) is 0 Å². The smallest absolute Gasteiger partial charge is 0.0419 e. The summed E-state index contributed by atoms with van der Waals surface area (Å²) in [4.78, 5) is 4.57. The first-order valence-corrected chi connectivity index (χ1v) is 7.25. The zero-order chi connectivity index (χ0) is 13.5. The highest BCUT2D eigenvalue weighted by Gasteiger charge is 2.20. The summed E-state index contributed by atoms with van der Waals surface area (Å²) in [5.41, 5.74) is 2.52. The molecule has 0 spiro atoms. The third-order valence-electron chi connectivity index (χ3n) is 3.88. The van der Waals surface area contributed by atoms with Gasteiger partial charge in [-0.15, -0.1) is 0 Å². The van der Waals surface area contributed by atoms with Crippen LogP contribution in [0.2, 0.25) is 0 Å². The molecule has 2 unspecified atom stereocenters. The first-order valence-electron chi connectivity index (χ1n) is 7.25. The molecular formula is C16H28N2. The van der Waals surface area contributed by atoms with E-state index in [4.69, 9.17) is 0 Å². The van der Waals surface area contributed by atoms with Gasteiger partial charge in [-0.3, -0.25) is 4.98 Å². The van der Waals surface area contributed by atoms with E-state index >= 15 is 0 Å². The first kappa shape index (κ1) is 15.2. The molecule has 0 saturated heterocycles. The first-order chi connectivity index (χ1) is 8.58. The number of nitrogens with one attached hydrogen (secondary N) is 1. The van der Waals surface area contributed by atoms with Crippen molar-refractivity contribution in [2.45, 2.75) is 53.5 Å². The summed E-state index contributed by atoms with van der Waals surface area (Å²) in [6.45, 7) is 12.3. The number of aryl methyl sites for hydroxylation is 1. The summed E-state index contributed by atoms with van der Waals surface area (Å²) in [6, 6.07) is 4.90. The van der Waals surface area contributed by atoms with Gasteiger partial charge in [-0.2, -0.15) is 0 Å². The van der Waals surface area contributed by atoms with E-state index < -0.39 is 0 Å². The maximum Gasteiger partial charge on any atom is 0.0419 e. The molecule has 0 fully saturated rings. The highest BCUT2D eigenvalue weighted by atomic mass is 14.9. The van der Waals surface area contributed by atoms with Crippen molar-refractivity contribution < 1.29 is 0 Å². The van der Waals surface area contributed by atoms with Crippen molar-refractivity contribution in [3.63, 3.8) is 0 Å². The van der Waals surface area contributed by atoms with Gasteiger partial charge in [0.1, 0.15) is 0 Å². The fourth-order valence-electron chi connectivity index (χ4n) is 2.18. The molecule has 2 heteroatoms. The van der Waals surface area contributed by atoms with Crippen molar-refractivity contribution in [3.05, 3.63) is 29.6 Å². The molecule has 1 rings (SSSR count). The molecule has 0 aromatic carbocycles. The van der Waals surface area contributed by atoms with Crippen LogP contribution in [-0.4, -0.2) is 17.6 Å².